The molecule has 4 aromatic rings. The molecule has 28 heavy (non-hydrogen) atoms. The molecule has 0 spiro atoms. The summed E-state index contributed by atoms with van der Waals surface area (Å²) in [6, 6.07) is 10.7. The van der Waals surface area contributed by atoms with Gasteiger partial charge in [0, 0.05) is 22.8 Å². The molecule has 0 fully saturated rings. The van der Waals surface area contributed by atoms with Gasteiger partial charge in [-0.1, -0.05) is 6.07 Å². The number of amides is 2. The maximum absolute atomic E-state index is 12.8. The molecule has 138 valence electrons. The van der Waals surface area contributed by atoms with E-state index in [1.807, 2.05) is 32.0 Å². The van der Waals surface area contributed by atoms with Crippen molar-refractivity contribution in [1.29, 1.82) is 0 Å². The third-order valence-corrected chi connectivity index (χ3v) is 5.47. The minimum atomic E-state index is -0.247. The molecular weight excluding hydrogens is 374 g/mol. The fraction of sp³-hybridized carbons (Fsp3) is 0.100. The van der Waals surface area contributed by atoms with Crippen LogP contribution in [0.1, 0.15) is 10.6 Å². The number of nitrogens with zero attached hydrogens (tertiary/aromatic N) is 4. The second-order valence-electron chi connectivity index (χ2n) is 6.38. The Morgan fingerprint density at radius 1 is 1.11 bits per heavy atom. The first kappa shape index (κ1) is 16.6. The number of hydrogen-bond donors (Lipinski definition) is 1. The lowest BCUT2D eigenvalue weighted by atomic mass is 10.1. The molecule has 0 radical (unpaired) electrons. The van der Waals surface area contributed by atoms with Crippen LogP contribution >= 0.6 is 11.3 Å². The number of ether oxygens (including phenoxy) is 1. The maximum atomic E-state index is 12.8. The van der Waals surface area contributed by atoms with Crippen LogP contribution in [0.2, 0.25) is 0 Å². The summed E-state index contributed by atoms with van der Waals surface area (Å²) in [5.74, 6) is 1.55. The number of hydrogen-bond acceptors (Lipinski definition) is 6. The van der Waals surface area contributed by atoms with E-state index < -0.39 is 0 Å². The number of thiophene rings is 1. The van der Waals surface area contributed by atoms with Gasteiger partial charge in [0.15, 0.2) is 0 Å². The van der Waals surface area contributed by atoms with Crippen LogP contribution in [0, 0.1) is 13.8 Å². The highest BCUT2D eigenvalue weighted by molar-refractivity contribution is 7.19. The molecule has 0 unspecified atom stereocenters. The quantitative estimate of drug-likeness (QED) is 0.522. The van der Waals surface area contributed by atoms with E-state index in [-0.39, 0.29) is 6.03 Å². The number of carbonyl (C=O) groups is 1. The van der Waals surface area contributed by atoms with Crippen molar-refractivity contribution in [1.82, 2.24) is 15.0 Å². The summed E-state index contributed by atoms with van der Waals surface area (Å²) in [6.45, 7) is 3.88. The van der Waals surface area contributed by atoms with E-state index in [2.05, 4.69) is 20.3 Å². The van der Waals surface area contributed by atoms with E-state index in [1.54, 1.807) is 46.8 Å². The van der Waals surface area contributed by atoms with Gasteiger partial charge < -0.3 is 10.1 Å². The van der Waals surface area contributed by atoms with Crippen LogP contribution < -0.4 is 15.0 Å². The molecule has 1 N–H and O–H groups in total. The largest absolute Gasteiger partial charge is 0.437 e. The van der Waals surface area contributed by atoms with Crippen LogP contribution in [0.5, 0.6) is 11.6 Å². The van der Waals surface area contributed by atoms with E-state index in [9.17, 15) is 4.79 Å². The predicted octanol–water partition coefficient (Wildman–Crippen LogP) is 5.18. The Labute approximate surface area is 164 Å². The van der Waals surface area contributed by atoms with Gasteiger partial charge in [0.25, 0.3) is 0 Å². The number of pyridine rings is 3. The summed E-state index contributed by atoms with van der Waals surface area (Å²) < 4.78 is 5.74. The second kappa shape index (κ2) is 6.28. The molecule has 0 aromatic carbocycles. The molecule has 5 rings (SSSR count). The first-order valence-corrected chi connectivity index (χ1v) is 9.48. The third kappa shape index (κ3) is 2.66. The fourth-order valence-corrected chi connectivity index (χ4v) is 4.18. The molecule has 0 atom stereocenters. The van der Waals surface area contributed by atoms with E-state index in [1.165, 1.54) is 0 Å². The van der Waals surface area contributed by atoms with Crippen LogP contribution in [-0.4, -0.2) is 21.0 Å². The van der Waals surface area contributed by atoms with Crippen LogP contribution in [0.15, 0.2) is 48.8 Å². The Balaban J connectivity index is 1.51. The minimum Gasteiger partial charge on any atom is -0.437 e. The molecule has 1 aliphatic heterocycles. The number of urea groups is 1. The first-order valence-electron chi connectivity index (χ1n) is 8.67. The van der Waals surface area contributed by atoms with Crippen molar-refractivity contribution in [2.75, 3.05) is 10.2 Å². The number of nitrogens with one attached hydrogen (secondary N) is 1. The number of aromatic nitrogens is 3. The highest BCUT2D eigenvalue weighted by Gasteiger charge is 2.30. The summed E-state index contributed by atoms with van der Waals surface area (Å²) in [6.07, 6.45) is 3.29. The van der Waals surface area contributed by atoms with Crippen LogP contribution in [-0.2, 0) is 0 Å². The Morgan fingerprint density at radius 2 is 2.00 bits per heavy atom. The van der Waals surface area contributed by atoms with Gasteiger partial charge in [-0.25, -0.2) is 24.6 Å². The lowest BCUT2D eigenvalue weighted by molar-refractivity contribution is 0.258. The fourth-order valence-electron chi connectivity index (χ4n) is 3.21. The predicted molar refractivity (Wildman–Crippen MR) is 109 cm³/mol. The summed E-state index contributed by atoms with van der Waals surface area (Å²) in [5.41, 5.74) is 2.47. The molecule has 0 saturated heterocycles. The highest BCUT2D eigenvalue weighted by Crippen LogP contribution is 2.44. The zero-order valence-electron chi connectivity index (χ0n) is 15.1. The summed E-state index contributed by atoms with van der Waals surface area (Å²) in [5, 5.41) is 3.90. The Hall–Kier alpha value is -3.52. The van der Waals surface area contributed by atoms with Gasteiger partial charge in [-0.15, -0.1) is 11.3 Å². The number of aryl methyl sites for hydroxylation is 2. The van der Waals surface area contributed by atoms with E-state index in [0.29, 0.717) is 17.4 Å². The SMILES string of the molecule is Cc1cccc(Oc2ccc(N3C(=O)Nc4c(C)sc5nccc3c45)nc2)n1. The summed E-state index contributed by atoms with van der Waals surface area (Å²) in [7, 11) is 0. The lowest BCUT2D eigenvalue weighted by Crippen LogP contribution is -2.34. The van der Waals surface area contributed by atoms with Gasteiger partial charge in [0.05, 0.1) is 23.0 Å². The van der Waals surface area contributed by atoms with Crippen molar-refractivity contribution >= 4 is 44.8 Å². The molecule has 0 saturated carbocycles. The standard InChI is InChI=1S/C20H15N5O2S/c1-11-4-3-5-16(23-11)27-13-6-7-15(22-10-13)25-14-8-9-21-19-17(14)18(12(2)28-19)24-20(25)26/h3-10H,1-2H3,(H,24,26). The molecule has 5 heterocycles. The first-order chi connectivity index (χ1) is 13.6. The van der Waals surface area contributed by atoms with Crippen molar-refractivity contribution < 1.29 is 9.53 Å². The monoisotopic (exact) mass is 389 g/mol. The van der Waals surface area contributed by atoms with E-state index in [0.717, 1.165) is 32.2 Å². The Morgan fingerprint density at radius 3 is 2.79 bits per heavy atom. The Bertz CT molecular complexity index is 1220. The molecule has 0 bridgehead atoms. The van der Waals surface area contributed by atoms with Gasteiger partial charge in [0.2, 0.25) is 5.88 Å². The molecule has 8 heteroatoms. The van der Waals surface area contributed by atoms with Crippen LogP contribution in [0.25, 0.3) is 10.2 Å². The van der Waals surface area contributed by atoms with Crippen molar-refractivity contribution in [3.8, 4) is 11.6 Å². The van der Waals surface area contributed by atoms with Crippen molar-refractivity contribution in [2.24, 2.45) is 0 Å². The number of rotatable bonds is 3. The van der Waals surface area contributed by atoms with E-state index in [4.69, 9.17) is 4.74 Å². The molecule has 4 aromatic heterocycles. The van der Waals surface area contributed by atoms with Gasteiger partial charge in [-0.3, -0.25) is 0 Å². The smallest absolute Gasteiger partial charge is 0.332 e. The van der Waals surface area contributed by atoms with Crippen molar-refractivity contribution in [3.63, 3.8) is 0 Å². The van der Waals surface area contributed by atoms with Crippen molar-refractivity contribution in [3.05, 3.63) is 59.4 Å². The van der Waals surface area contributed by atoms with Gasteiger partial charge in [-0.2, -0.15) is 0 Å². The second-order valence-corrected chi connectivity index (χ2v) is 7.58. The summed E-state index contributed by atoms with van der Waals surface area (Å²) in [4.78, 5) is 29.4. The summed E-state index contributed by atoms with van der Waals surface area (Å²) >= 11 is 1.56. The molecular formula is C20H15N5O2S. The Kier molecular flexibility index (Phi) is 3.73. The zero-order chi connectivity index (χ0) is 19.3. The van der Waals surface area contributed by atoms with Crippen LogP contribution in [0.3, 0.4) is 0 Å². The number of carbonyl (C=O) groups excluding carboxylic acids is 1. The minimum absolute atomic E-state index is 0.247. The lowest BCUT2D eigenvalue weighted by Gasteiger charge is -2.27. The third-order valence-electron chi connectivity index (χ3n) is 4.46. The van der Waals surface area contributed by atoms with Crippen molar-refractivity contribution in [2.45, 2.75) is 13.8 Å². The average Bonchev–Trinajstić information content (AvgIpc) is 3.00. The topological polar surface area (TPSA) is 80.2 Å². The normalized spacial score (nSPS) is 12.9. The molecule has 7 nitrogen and oxygen atoms in total. The van der Waals surface area contributed by atoms with Gasteiger partial charge in [0.1, 0.15) is 16.4 Å². The van der Waals surface area contributed by atoms with E-state index >= 15 is 0 Å². The maximum Gasteiger partial charge on any atom is 0.332 e. The van der Waals surface area contributed by atoms with Crippen LogP contribution in [0.4, 0.5) is 22.0 Å². The molecule has 1 aliphatic rings. The highest BCUT2D eigenvalue weighted by atomic mass is 32.1. The van der Waals surface area contributed by atoms with Gasteiger partial charge >= 0.3 is 6.03 Å². The average molecular weight is 389 g/mol. The van der Waals surface area contributed by atoms with Gasteiger partial charge in [-0.05, 0) is 38.1 Å². The number of anilines is 3. The molecule has 0 aliphatic carbocycles. The zero-order valence-corrected chi connectivity index (χ0v) is 15.9. The molecule has 2 amide bonds.